The number of thiophene rings is 1. The average molecular weight is 406 g/mol. The van der Waals surface area contributed by atoms with Crippen molar-refractivity contribution < 1.29 is 14.0 Å². The molecule has 0 aliphatic carbocycles. The van der Waals surface area contributed by atoms with E-state index in [0.29, 0.717) is 22.8 Å². The molecule has 0 saturated heterocycles. The molecule has 0 atom stereocenters. The van der Waals surface area contributed by atoms with E-state index in [1.807, 2.05) is 17.5 Å². The molecule has 0 saturated carbocycles. The van der Waals surface area contributed by atoms with Gasteiger partial charge in [0.25, 0.3) is 5.91 Å². The molecule has 0 spiro atoms. The topological polar surface area (TPSA) is 76.9 Å². The van der Waals surface area contributed by atoms with Crippen molar-refractivity contribution in [3.63, 3.8) is 0 Å². The van der Waals surface area contributed by atoms with Crippen molar-refractivity contribution in [2.75, 3.05) is 5.32 Å². The second-order valence-electron chi connectivity index (χ2n) is 6.22. The van der Waals surface area contributed by atoms with Gasteiger partial charge >= 0.3 is 0 Å². The second kappa shape index (κ2) is 7.76. The summed E-state index contributed by atoms with van der Waals surface area (Å²) in [4.78, 5) is 29.2. The number of benzene rings is 2. The fraction of sp³-hybridized carbons (Fsp3) is 0.0476. The number of carbonyl (C=O) groups is 2. The smallest absolute Gasteiger partial charge is 0.295 e. The van der Waals surface area contributed by atoms with Crippen LogP contribution in [-0.2, 0) is 0 Å². The zero-order valence-electron chi connectivity index (χ0n) is 15.3. The number of hydrogen-bond acceptors (Lipinski definition) is 5. The number of anilines is 1. The highest BCUT2D eigenvalue weighted by molar-refractivity contribution is 7.13. The lowest BCUT2D eigenvalue weighted by atomic mass is 10.1. The molecule has 4 aromatic rings. The third-order valence-electron chi connectivity index (χ3n) is 4.15. The van der Waals surface area contributed by atoms with E-state index in [1.165, 1.54) is 35.1 Å². The van der Waals surface area contributed by atoms with Gasteiger partial charge in [-0.15, -0.1) is 16.4 Å². The summed E-state index contributed by atoms with van der Waals surface area (Å²) >= 11 is 1.44. The molecule has 4 rings (SSSR count). The van der Waals surface area contributed by atoms with Crippen molar-refractivity contribution >= 4 is 28.7 Å². The van der Waals surface area contributed by atoms with E-state index in [9.17, 15) is 14.0 Å². The molecule has 0 unspecified atom stereocenters. The lowest BCUT2D eigenvalue weighted by Gasteiger charge is -2.04. The van der Waals surface area contributed by atoms with E-state index < -0.39 is 11.7 Å². The zero-order chi connectivity index (χ0) is 20.4. The van der Waals surface area contributed by atoms with Gasteiger partial charge in [-0.25, -0.2) is 14.1 Å². The van der Waals surface area contributed by atoms with Gasteiger partial charge in [-0.3, -0.25) is 9.59 Å². The Balaban J connectivity index is 1.68. The molecular formula is C21H15FN4O2S. The second-order valence-corrected chi connectivity index (χ2v) is 7.16. The van der Waals surface area contributed by atoms with Crippen molar-refractivity contribution in [3.05, 3.63) is 83.2 Å². The van der Waals surface area contributed by atoms with Gasteiger partial charge in [0, 0.05) is 11.3 Å². The van der Waals surface area contributed by atoms with Crippen LogP contribution in [0, 0.1) is 5.82 Å². The van der Waals surface area contributed by atoms with Gasteiger partial charge in [-0.1, -0.05) is 12.1 Å². The summed E-state index contributed by atoms with van der Waals surface area (Å²) in [5.74, 6) is -0.574. The number of hydrogen-bond donors (Lipinski definition) is 1. The maximum absolute atomic E-state index is 13.7. The number of carbonyl (C=O) groups excluding carboxylic acids is 2. The molecule has 0 aliphatic heterocycles. The Morgan fingerprint density at radius 2 is 1.86 bits per heavy atom. The molecule has 2 aromatic carbocycles. The largest absolute Gasteiger partial charge is 0.319 e. The molecule has 0 aliphatic rings. The molecule has 0 fully saturated rings. The monoisotopic (exact) mass is 406 g/mol. The molecule has 6 nitrogen and oxygen atoms in total. The number of rotatable bonds is 5. The van der Waals surface area contributed by atoms with Gasteiger partial charge in [-0.05, 0) is 60.8 Å². The Morgan fingerprint density at radius 1 is 1.07 bits per heavy atom. The first-order valence-electron chi connectivity index (χ1n) is 8.70. The Kier molecular flexibility index (Phi) is 5.01. The van der Waals surface area contributed by atoms with Gasteiger partial charge in [0.15, 0.2) is 11.6 Å². The van der Waals surface area contributed by atoms with Crippen LogP contribution >= 0.6 is 11.3 Å². The number of amides is 1. The van der Waals surface area contributed by atoms with Gasteiger partial charge in [-0.2, -0.15) is 0 Å². The van der Waals surface area contributed by atoms with Crippen LogP contribution in [0.25, 0.3) is 16.4 Å². The fourth-order valence-electron chi connectivity index (χ4n) is 2.74. The van der Waals surface area contributed by atoms with Gasteiger partial charge in [0.1, 0.15) is 5.82 Å². The molecule has 29 heavy (non-hydrogen) atoms. The van der Waals surface area contributed by atoms with Crippen LogP contribution in [0.3, 0.4) is 0 Å². The fourth-order valence-corrected chi connectivity index (χ4v) is 3.44. The number of nitrogens with zero attached hydrogens (tertiary/aromatic N) is 3. The number of Topliss-reactive ketones (excluding diaryl/α,β-unsaturated/α-hetero) is 1. The third kappa shape index (κ3) is 3.97. The van der Waals surface area contributed by atoms with E-state index in [0.717, 1.165) is 4.88 Å². The first-order chi connectivity index (χ1) is 14.0. The van der Waals surface area contributed by atoms with Gasteiger partial charge in [0.2, 0.25) is 5.82 Å². The average Bonchev–Trinajstić information content (AvgIpc) is 3.38. The van der Waals surface area contributed by atoms with Crippen LogP contribution in [0.1, 0.15) is 27.9 Å². The Labute approximate surface area is 169 Å². The predicted octanol–water partition coefficient (Wildman–Crippen LogP) is 4.59. The van der Waals surface area contributed by atoms with Gasteiger partial charge in [0.05, 0.1) is 10.6 Å². The van der Waals surface area contributed by atoms with Crippen molar-refractivity contribution in [2.24, 2.45) is 0 Å². The Morgan fingerprint density at radius 3 is 2.52 bits per heavy atom. The molecule has 0 bridgehead atoms. The maximum atomic E-state index is 13.7. The SMILES string of the molecule is CC(=O)c1ccc(NC(=O)c2nc(-c3cccs3)n(-c3cccc(F)c3)n2)cc1. The van der Waals surface area contributed by atoms with E-state index in [1.54, 1.807) is 36.4 Å². The highest BCUT2D eigenvalue weighted by atomic mass is 32.1. The number of nitrogens with one attached hydrogen (secondary N) is 1. The first kappa shape index (κ1) is 18.7. The molecule has 2 aromatic heterocycles. The van der Waals surface area contributed by atoms with E-state index in [-0.39, 0.29) is 11.6 Å². The molecule has 2 heterocycles. The van der Waals surface area contributed by atoms with Crippen molar-refractivity contribution in [1.29, 1.82) is 0 Å². The van der Waals surface area contributed by atoms with Crippen LogP contribution < -0.4 is 5.32 Å². The molecule has 0 radical (unpaired) electrons. The number of aromatic nitrogens is 3. The van der Waals surface area contributed by atoms with Crippen LogP contribution in [0.2, 0.25) is 0 Å². The summed E-state index contributed by atoms with van der Waals surface area (Å²) in [6.07, 6.45) is 0. The highest BCUT2D eigenvalue weighted by Gasteiger charge is 2.20. The van der Waals surface area contributed by atoms with Crippen LogP contribution in [0.15, 0.2) is 66.0 Å². The number of ketones is 1. The van der Waals surface area contributed by atoms with E-state index in [4.69, 9.17) is 0 Å². The molecule has 1 N–H and O–H groups in total. The van der Waals surface area contributed by atoms with Crippen LogP contribution in [-0.4, -0.2) is 26.5 Å². The number of halogens is 1. The summed E-state index contributed by atoms with van der Waals surface area (Å²) < 4.78 is 15.2. The summed E-state index contributed by atoms with van der Waals surface area (Å²) in [6, 6.07) is 16.2. The van der Waals surface area contributed by atoms with E-state index in [2.05, 4.69) is 15.4 Å². The van der Waals surface area contributed by atoms with Crippen LogP contribution in [0.4, 0.5) is 10.1 Å². The molecule has 144 valence electrons. The highest BCUT2D eigenvalue weighted by Crippen LogP contribution is 2.26. The first-order valence-corrected chi connectivity index (χ1v) is 9.58. The minimum atomic E-state index is -0.506. The third-order valence-corrected chi connectivity index (χ3v) is 5.02. The minimum Gasteiger partial charge on any atom is -0.319 e. The summed E-state index contributed by atoms with van der Waals surface area (Å²) in [6.45, 7) is 1.47. The van der Waals surface area contributed by atoms with Crippen molar-refractivity contribution in [2.45, 2.75) is 6.92 Å². The molecule has 8 heteroatoms. The van der Waals surface area contributed by atoms with Gasteiger partial charge < -0.3 is 5.32 Å². The standard InChI is InChI=1S/C21H15FN4O2S/c1-13(27)14-7-9-16(10-8-14)23-21(28)19-24-20(18-6-3-11-29-18)26(25-19)17-5-2-4-15(22)12-17/h2-12H,1H3,(H,23,28). The van der Waals surface area contributed by atoms with Crippen molar-refractivity contribution in [3.8, 4) is 16.4 Å². The molecule has 1 amide bonds. The maximum Gasteiger partial charge on any atom is 0.295 e. The Bertz CT molecular complexity index is 1180. The summed E-state index contributed by atoms with van der Waals surface area (Å²) in [5, 5.41) is 8.90. The quantitative estimate of drug-likeness (QED) is 0.492. The lowest BCUT2D eigenvalue weighted by Crippen LogP contribution is -2.14. The Hall–Kier alpha value is -3.65. The summed E-state index contributed by atoms with van der Waals surface area (Å²) in [5.41, 5.74) is 1.53. The minimum absolute atomic E-state index is 0.0479. The normalized spacial score (nSPS) is 10.7. The predicted molar refractivity (Wildman–Crippen MR) is 109 cm³/mol. The van der Waals surface area contributed by atoms with Crippen LogP contribution in [0.5, 0.6) is 0 Å². The van der Waals surface area contributed by atoms with E-state index >= 15 is 0 Å². The molecular weight excluding hydrogens is 391 g/mol. The zero-order valence-corrected chi connectivity index (χ0v) is 16.1. The van der Waals surface area contributed by atoms with Crippen molar-refractivity contribution in [1.82, 2.24) is 14.8 Å². The summed E-state index contributed by atoms with van der Waals surface area (Å²) in [7, 11) is 0. The lowest BCUT2D eigenvalue weighted by molar-refractivity contribution is 0.101.